The zero-order valence-corrected chi connectivity index (χ0v) is 13.5. The van der Waals surface area contributed by atoms with E-state index in [1.54, 1.807) is 20.0 Å². The van der Waals surface area contributed by atoms with Crippen molar-refractivity contribution >= 4 is 15.8 Å². The van der Waals surface area contributed by atoms with Gasteiger partial charge in [0.1, 0.15) is 0 Å². The molecule has 0 atom stereocenters. The van der Waals surface area contributed by atoms with Crippen molar-refractivity contribution in [3.05, 3.63) is 12.4 Å². The Balaban J connectivity index is 2.55. The molecular weight excluding hydrogens is 278 g/mol. The van der Waals surface area contributed by atoms with Gasteiger partial charge in [0.2, 0.25) is 5.95 Å². The molecule has 0 saturated carbocycles. The lowest BCUT2D eigenvalue weighted by atomic mass is 10.2. The third kappa shape index (κ3) is 4.79. The summed E-state index contributed by atoms with van der Waals surface area (Å²) in [6, 6.07) is 0. The van der Waals surface area contributed by atoms with E-state index >= 15 is 0 Å². The van der Waals surface area contributed by atoms with Gasteiger partial charge in [0.15, 0.2) is 9.84 Å². The van der Waals surface area contributed by atoms with E-state index in [0.29, 0.717) is 19.1 Å². The molecule has 0 aliphatic heterocycles. The van der Waals surface area contributed by atoms with E-state index in [1.807, 2.05) is 17.7 Å². The Bertz CT molecular complexity index is 509. The van der Waals surface area contributed by atoms with Crippen molar-refractivity contribution in [1.29, 1.82) is 0 Å². The number of anilines is 1. The normalized spacial score (nSPS) is 12.6. The maximum absolute atomic E-state index is 11.7. The number of aromatic nitrogens is 2. The Hall–Kier alpha value is -1.08. The Labute approximate surface area is 121 Å². The Kier molecular flexibility index (Phi) is 6.01. The minimum atomic E-state index is -3.11. The van der Waals surface area contributed by atoms with E-state index in [0.717, 1.165) is 19.6 Å². The highest BCUT2D eigenvalue weighted by molar-refractivity contribution is 7.92. The van der Waals surface area contributed by atoms with Crippen LogP contribution in [0.3, 0.4) is 0 Å². The molecule has 1 aromatic rings. The van der Waals surface area contributed by atoms with Gasteiger partial charge >= 0.3 is 0 Å². The SMILES string of the molecule is CCOCCCn1ccnc1NCC(C)(C)S(C)(=O)=O. The molecule has 7 heteroatoms. The number of nitrogens with one attached hydrogen (secondary N) is 1. The third-order valence-electron chi connectivity index (χ3n) is 3.28. The van der Waals surface area contributed by atoms with Gasteiger partial charge in [-0.2, -0.15) is 0 Å². The van der Waals surface area contributed by atoms with Crippen molar-refractivity contribution in [3.63, 3.8) is 0 Å². The molecule has 0 aliphatic carbocycles. The Morgan fingerprint density at radius 3 is 2.75 bits per heavy atom. The van der Waals surface area contributed by atoms with Crippen LogP contribution < -0.4 is 5.32 Å². The first-order chi connectivity index (χ1) is 9.28. The van der Waals surface area contributed by atoms with Gasteiger partial charge in [0.25, 0.3) is 0 Å². The molecule has 0 radical (unpaired) electrons. The molecule has 6 nitrogen and oxygen atoms in total. The number of aryl methyl sites for hydroxylation is 1. The van der Waals surface area contributed by atoms with Crippen LogP contribution in [0.15, 0.2) is 12.4 Å². The standard InChI is InChI=1S/C13H25N3O3S/c1-5-19-10-6-8-16-9-7-14-12(16)15-11-13(2,3)20(4,17)18/h7,9H,5-6,8,10-11H2,1-4H3,(H,14,15). The van der Waals surface area contributed by atoms with Gasteiger partial charge in [-0.1, -0.05) is 0 Å². The van der Waals surface area contributed by atoms with E-state index in [9.17, 15) is 8.42 Å². The zero-order valence-electron chi connectivity index (χ0n) is 12.7. The second-order valence-corrected chi connectivity index (χ2v) is 8.03. The molecule has 0 spiro atoms. The van der Waals surface area contributed by atoms with Gasteiger partial charge in [0.05, 0.1) is 4.75 Å². The van der Waals surface area contributed by atoms with Crippen LogP contribution in [-0.4, -0.2) is 48.7 Å². The summed E-state index contributed by atoms with van der Waals surface area (Å²) in [5.74, 6) is 0.693. The number of hydrogen-bond acceptors (Lipinski definition) is 5. The predicted molar refractivity (Wildman–Crippen MR) is 80.7 cm³/mol. The third-order valence-corrected chi connectivity index (χ3v) is 5.44. The highest BCUT2D eigenvalue weighted by atomic mass is 32.2. The summed E-state index contributed by atoms with van der Waals surface area (Å²) in [6.45, 7) is 7.93. The number of sulfone groups is 1. The zero-order chi connectivity index (χ0) is 15.2. The van der Waals surface area contributed by atoms with Gasteiger partial charge in [-0.15, -0.1) is 0 Å². The Morgan fingerprint density at radius 2 is 2.15 bits per heavy atom. The highest BCUT2D eigenvalue weighted by Crippen LogP contribution is 2.16. The summed E-state index contributed by atoms with van der Waals surface area (Å²) in [5.41, 5.74) is 0. The molecule has 20 heavy (non-hydrogen) atoms. The average Bonchev–Trinajstić information content (AvgIpc) is 2.78. The molecule has 116 valence electrons. The van der Waals surface area contributed by atoms with Gasteiger partial charge in [0, 0.05) is 45.0 Å². The van der Waals surface area contributed by atoms with E-state index < -0.39 is 14.6 Å². The maximum atomic E-state index is 11.7. The van der Waals surface area contributed by atoms with Crippen molar-refractivity contribution < 1.29 is 13.2 Å². The summed E-state index contributed by atoms with van der Waals surface area (Å²) in [5, 5.41) is 3.11. The van der Waals surface area contributed by atoms with Crippen molar-refractivity contribution in [3.8, 4) is 0 Å². The molecule has 0 fully saturated rings. The van der Waals surface area contributed by atoms with E-state index in [4.69, 9.17) is 4.74 Å². The van der Waals surface area contributed by atoms with Crippen LogP contribution in [0.1, 0.15) is 27.2 Å². The fourth-order valence-corrected chi connectivity index (χ4v) is 1.90. The van der Waals surface area contributed by atoms with Crippen LogP contribution in [0.4, 0.5) is 5.95 Å². The first kappa shape index (κ1) is 17.0. The van der Waals surface area contributed by atoms with Crippen molar-refractivity contribution in [2.45, 2.75) is 38.5 Å². The van der Waals surface area contributed by atoms with Crippen LogP contribution in [0, 0.1) is 0 Å². The van der Waals surface area contributed by atoms with Crippen LogP contribution in [0.2, 0.25) is 0 Å². The topological polar surface area (TPSA) is 73.2 Å². The molecule has 1 aromatic heterocycles. The quantitative estimate of drug-likeness (QED) is 0.701. The lowest BCUT2D eigenvalue weighted by Gasteiger charge is -2.23. The monoisotopic (exact) mass is 303 g/mol. The summed E-state index contributed by atoms with van der Waals surface area (Å²) in [7, 11) is -3.11. The fraction of sp³-hybridized carbons (Fsp3) is 0.769. The van der Waals surface area contributed by atoms with E-state index in [-0.39, 0.29) is 0 Å². The van der Waals surface area contributed by atoms with Crippen LogP contribution >= 0.6 is 0 Å². The number of imidazole rings is 1. The van der Waals surface area contributed by atoms with Gasteiger partial charge in [-0.3, -0.25) is 0 Å². The molecule has 1 N–H and O–H groups in total. The first-order valence-corrected chi connectivity index (χ1v) is 8.69. The van der Waals surface area contributed by atoms with Crippen LogP contribution in [0.25, 0.3) is 0 Å². The van der Waals surface area contributed by atoms with Gasteiger partial charge in [-0.25, -0.2) is 13.4 Å². The lowest BCUT2D eigenvalue weighted by molar-refractivity contribution is 0.142. The fourth-order valence-electron chi connectivity index (χ4n) is 1.56. The van der Waals surface area contributed by atoms with Crippen LogP contribution in [0.5, 0.6) is 0 Å². The number of rotatable bonds is 9. The summed E-state index contributed by atoms with van der Waals surface area (Å²) in [6.07, 6.45) is 5.73. The first-order valence-electron chi connectivity index (χ1n) is 6.80. The molecule has 0 bridgehead atoms. The highest BCUT2D eigenvalue weighted by Gasteiger charge is 2.30. The minimum absolute atomic E-state index is 0.328. The smallest absolute Gasteiger partial charge is 0.202 e. The lowest BCUT2D eigenvalue weighted by Crippen LogP contribution is -2.38. The minimum Gasteiger partial charge on any atom is -0.382 e. The Morgan fingerprint density at radius 1 is 1.45 bits per heavy atom. The summed E-state index contributed by atoms with van der Waals surface area (Å²) >= 11 is 0. The molecule has 0 aromatic carbocycles. The summed E-state index contributed by atoms with van der Waals surface area (Å²) in [4.78, 5) is 4.22. The molecule has 1 rings (SSSR count). The summed E-state index contributed by atoms with van der Waals surface area (Å²) < 4.78 is 29.8. The molecular formula is C13H25N3O3S. The van der Waals surface area contributed by atoms with Crippen molar-refractivity contribution in [1.82, 2.24) is 9.55 Å². The number of hydrogen-bond donors (Lipinski definition) is 1. The molecule has 1 heterocycles. The molecule has 0 saturated heterocycles. The number of ether oxygens (including phenoxy) is 1. The second kappa shape index (κ2) is 7.08. The maximum Gasteiger partial charge on any atom is 0.202 e. The second-order valence-electron chi connectivity index (χ2n) is 5.38. The molecule has 0 unspecified atom stereocenters. The van der Waals surface area contributed by atoms with E-state index in [2.05, 4.69) is 10.3 Å². The van der Waals surface area contributed by atoms with Crippen LogP contribution in [-0.2, 0) is 21.1 Å². The largest absolute Gasteiger partial charge is 0.382 e. The van der Waals surface area contributed by atoms with Gasteiger partial charge < -0.3 is 14.6 Å². The molecule has 0 amide bonds. The van der Waals surface area contributed by atoms with E-state index in [1.165, 1.54) is 6.26 Å². The number of nitrogens with zero attached hydrogens (tertiary/aromatic N) is 2. The van der Waals surface area contributed by atoms with Crippen molar-refractivity contribution in [2.75, 3.05) is 31.3 Å². The average molecular weight is 303 g/mol. The van der Waals surface area contributed by atoms with Crippen molar-refractivity contribution in [2.24, 2.45) is 0 Å². The predicted octanol–water partition coefficient (Wildman–Crippen LogP) is 1.54. The molecule has 0 aliphatic rings. The van der Waals surface area contributed by atoms with Gasteiger partial charge in [-0.05, 0) is 27.2 Å².